The smallest absolute Gasteiger partial charge is 0.238 e. The van der Waals surface area contributed by atoms with E-state index >= 15 is 0 Å². The van der Waals surface area contributed by atoms with Crippen LogP contribution in [-0.4, -0.2) is 33.9 Å². The molecule has 2 aromatic carbocycles. The van der Waals surface area contributed by atoms with Crippen molar-refractivity contribution in [2.75, 3.05) is 18.4 Å². The van der Waals surface area contributed by atoms with Crippen LogP contribution in [-0.2, 0) is 11.2 Å². The summed E-state index contributed by atoms with van der Waals surface area (Å²) in [4.78, 5) is 25.0. The van der Waals surface area contributed by atoms with Crippen molar-refractivity contribution in [3.05, 3.63) is 71.8 Å². The highest BCUT2D eigenvalue weighted by atomic mass is 32.2. The summed E-state index contributed by atoms with van der Waals surface area (Å²) in [7, 11) is 0. The van der Waals surface area contributed by atoms with Crippen LogP contribution in [0.5, 0.6) is 0 Å². The number of carbonyl (C=O) groups excluding carboxylic acids is 1. The van der Waals surface area contributed by atoms with Gasteiger partial charge < -0.3 is 10.3 Å². The van der Waals surface area contributed by atoms with Gasteiger partial charge in [0.25, 0.3) is 0 Å². The number of H-pyrrole nitrogens is 1. The number of nitrogens with one attached hydrogen (secondary N) is 2. The zero-order valence-corrected chi connectivity index (χ0v) is 14.9. The molecule has 130 valence electrons. The molecule has 5 rings (SSSR count). The SMILES string of the molecule is O=C1CN2CCc3[nH]cnc3C2c2cccc(c2)Sc2cccc(c2)N1. The van der Waals surface area contributed by atoms with Crippen molar-refractivity contribution < 1.29 is 4.79 Å². The summed E-state index contributed by atoms with van der Waals surface area (Å²) in [6.07, 6.45) is 2.64. The lowest BCUT2D eigenvalue weighted by atomic mass is 9.95. The maximum atomic E-state index is 12.6. The number of nitrogens with zero attached hydrogens (tertiary/aromatic N) is 2. The molecule has 2 aliphatic rings. The molecule has 0 radical (unpaired) electrons. The van der Waals surface area contributed by atoms with Gasteiger partial charge in [-0.25, -0.2) is 4.98 Å². The standard InChI is InChI=1S/C20H18N4OS/c25-18-11-24-8-7-17-19(22-12-21-17)20(24)13-3-1-5-15(9-13)26-16-6-2-4-14(10-16)23-18/h1-6,9-10,12,20H,7-8,11H2,(H,21,22)(H,23,25). The van der Waals surface area contributed by atoms with E-state index in [4.69, 9.17) is 0 Å². The number of hydrogen-bond acceptors (Lipinski definition) is 4. The zero-order chi connectivity index (χ0) is 17.5. The molecule has 1 amide bonds. The van der Waals surface area contributed by atoms with Crippen molar-refractivity contribution in [3.8, 4) is 0 Å². The normalized spacial score (nSPS) is 19.5. The van der Waals surface area contributed by atoms with Gasteiger partial charge in [0.1, 0.15) is 0 Å². The van der Waals surface area contributed by atoms with E-state index in [2.05, 4.69) is 50.5 Å². The minimum atomic E-state index is -0.00549. The van der Waals surface area contributed by atoms with Crippen molar-refractivity contribution in [3.63, 3.8) is 0 Å². The Hall–Kier alpha value is -2.57. The number of hydrogen-bond donors (Lipinski definition) is 2. The van der Waals surface area contributed by atoms with Gasteiger partial charge in [0, 0.05) is 34.1 Å². The molecule has 1 unspecified atom stereocenters. The highest BCUT2D eigenvalue weighted by Crippen LogP contribution is 2.37. The van der Waals surface area contributed by atoms with Crippen LogP contribution in [0.3, 0.4) is 0 Å². The lowest BCUT2D eigenvalue weighted by molar-refractivity contribution is -0.117. The Morgan fingerprint density at radius 1 is 1.12 bits per heavy atom. The van der Waals surface area contributed by atoms with Gasteiger partial charge in [0.2, 0.25) is 5.91 Å². The Morgan fingerprint density at radius 2 is 1.96 bits per heavy atom. The number of anilines is 1. The zero-order valence-electron chi connectivity index (χ0n) is 14.1. The van der Waals surface area contributed by atoms with Crippen LogP contribution in [0.1, 0.15) is 23.0 Å². The number of amides is 1. The van der Waals surface area contributed by atoms with Crippen molar-refractivity contribution in [2.24, 2.45) is 0 Å². The molecular formula is C20H18N4OS. The third-order valence-electron chi connectivity index (χ3n) is 4.90. The van der Waals surface area contributed by atoms with E-state index in [1.165, 1.54) is 16.2 Å². The number of aromatic nitrogens is 2. The van der Waals surface area contributed by atoms with Gasteiger partial charge in [0.15, 0.2) is 0 Å². The molecule has 5 nitrogen and oxygen atoms in total. The maximum absolute atomic E-state index is 12.6. The number of fused-ring (bicyclic) bond motifs is 8. The number of aromatic amines is 1. The van der Waals surface area contributed by atoms with E-state index in [-0.39, 0.29) is 11.9 Å². The molecule has 1 aromatic heterocycles. The summed E-state index contributed by atoms with van der Waals surface area (Å²) in [5, 5.41) is 3.04. The van der Waals surface area contributed by atoms with E-state index in [1.54, 1.807) is 18.1 Å². The molecule has 2 N–H and O–H groups in total. The fourth-order valence-corrected chi connectivity index (χ4v) is 4.72. The Balaban J connectivity index is 1.64. The lowest BCUT2D eigenvalue weighted by Gasteiger charge is -2.35. The molecule has 0 fully saturated rings. The molecule has 4 bridgehead atoms. The summed E-state index contributed by atoms with van der Waals surface area (Å²) in [5.41, 5.74) is 4.21. The first-order chi connectivity index (χ1) is 12.8. The molecule has 0 saturated carbocycles. The van der Waals surface area contributed by atoms with Gasteiger partial charge in [-0.1, -0.05) is 30.0 Å². The summed E-state index contributed by atoms with van der Waals surface area (Å²) in [6.45, 7) is 1.17. The molecule has 3 aromatic rings. The molecule has 0 saturated heterocycles. The third-order valence-corrected chi connectivity index (χ3v) is 5.88. The minimum Gasteiger partial charge on any atom is -0.348 e. The first kappa shape index (κ1) is 15.7. The van der Waals surface area contributed by atoms with Gasteiger partial charge >= 0.3 is 0 Å². The maximum Gasteiger partial charge on any atom is 0.238 e. The fraction of sp³-hybridized carbons (Fsp3) is 0.200. The summed E-state index contributed by atoms with van der Waals surface area (Å²) in [6, 6.07) is 16.6. The Labute approximate surface area is 155 Å². The highest BCUT2D eigenvalue weighted by Gasteiger charge is 2.32. The van der Waals surface area contributed by atoms with E-state index in [0.717, 1.165) is 29.2 Å². The van der Waals surface area contributed by atoms with E-state index < -0.39 is 0 Å². The predicted octanol–water partition coefficient (Wildman–Crippen LogP) is 3.46. The molecule has 0 spiro atoms. The number of imidazole rings is 1. The van der Waals surface area contributed by atoms with Gasteiger partial charge in [-0.15, -0.1) is 0 Å². The quantitative estimate of drug-likeness (QED) is 0.643. The van der Waals surface area contributed by atoms with Gasteiger partial charge in [0.05, 0.1) is 24.6 Å². The van der Waals surface area contributed by atoms with Crippen molar-refractivity contribution in [1.29, 1.82) is 0 Å². The van der Waals surface area contributed by atoms with Crippen LogP contribution in [0, 0.1) is 0 Å². The molecule has 3 heterocycles. The Morgan fingerprint density at radius 3 is 2.88 bits per heavy atom. The van der Waals surface area contributed by atoms with Crippen LogP contribution in [0.2, 0.25) is 0 Å². The van der Waals surface area contributed by atoms with E-state index in [1.807, 2.05) is 18.2 Å². The monoisotopic (exact) mass is 362 g/mol. The van der Waals surface area contributed by atoms with Crippen molar-refractivity contribution in [2.45, 2.75) is 22.3 Å². The van der Waals surface area contributed by atoms with Gasteiger partial charge in [-0.2, -0.15) is 0 Å². The topological polar surface area (TPSA) is 61.0 Å². The Kier molecular flexibility index (Phi) is 3.80. The predicted molar refractivity (Wildman–Crippen MR) is 101 cm³/mol. The second-order valence-electron chi connectivity index (χ2n) is 6.64. The average molecular weight is 362 g/mol. The molecule has 6 heteroatoms. The van der Waals surface area contributed by atoms with Gasteiger partial charge in [-0.3, -0.25) is 9.69 Å². The Bertz CT molecular complexity index is 983. The van der Waals surface area contributed by atoms with Crippen molar-refractivity contribution in [1.82, 2.24) is 14.9 Å². The largest absolute Gasteiger partial charge is 0.348 e. The van der Waals surface area contributed by atoms with Crippen LogP contribution in [0.15, 0.2) is 64.6 Å². The molecule has 0 aliphatic carbocycles. The van der Waals surface area contributed by atoms with Crippen LogP contribution < -0.4 is 5.32 Å². The van der Waals surface area contributed by atoms with Gasteiger partial charge in [-0.05, 0) is 35.9 Å². The lowest BCUT2D eigenvalue weighted by Crippen LogP contribution is -2.41. The van der Waals surface area contributed by atoms with Crippen LogP contribution in [0.4, 0.5) is 5.69 Å². The number of benzene rings is 2. The summed E-state index contributed by atoms with van der Waals surface area (Å²) in [5.74, 6) is 0.00728. The number of rotatable bonds is 0. The molecular weight excluding hydrogens is 344 g/mol. The second-order valence-corrected chi connectivity index (χ2v) is 7.79. The summed E-state index contributed by atoms with van der Waals surface area (Å²) < 4.78 is 0. The molecule has 1 atom stereocenters. The minimum absolute atomic E-state index is 0.00549. The van der Waals surface area contributed by atoms with Crippen molar-refractivity contribution >= 4 is 23.4 Å². The first-order valence-corrected chi connectivity index (χ1v) is 9.52. The van der Waals surface area contributed by atoms with E-state index in [9.17, 15) is 4.79 Å². The average Bonchev–Trinajstić information content (AvgIpc) is 3.10. The number of carbonyl (C=O) groups is 1. The van der Waals surface area contributed by atoms with E-state index in [0.29, 0.717) is 6.54 Å². The second kappa shape index (κ2) is 6.30. The first-order valence-electron chi connectivity index (χ1n) is 8.70. The van der Waals surface area contributed by atoms with Crippen LogP contribution in [0.25, 0.3) is 0 Å². The fourth-order valence-electron chi connectivity index (χ4n) is 3.77. The molecule has 26 heavy (non-hydrogen) atoms. The van der Waals surface area contributed by atoms with Crippen LogP contribution >= 0.6 is 11.8 Å². The highest BCUT2D eigenvalue weighted by molar-refractivity contribution is 7.99. The molecule has 2 aliphatic heterocycles. The third kappa shape index (κ3) is 2.81. The summed E-state index contributed by atoms with van der Waals surface area (Å²) >= 11 is 1.71.